The minimum atomic E-state index is -2.52. The van der Waals surface area contributed by atoms with E-state index in [9.17, 15) is 8.96 Å². The van der Waals surface area contributed by atoms with Crippen LogP contribution in [0.4, 0.5) is 10.2 Å². The minimum absolute atomic E-state index is 0.186. The third kappa shape index (κ3) is 3.68. The fourth-order valence-corrected chi connectivity index (χ4v) is 3.33. The topological polar surface area (TPSA) is 114 Å². The lowest BCUT2D eigenvalue weighted by molar-refractivity contribution is -0.128. The van der Waals surface area contributed by atoms with Gasteiger partial charge in [-0.25, -0.2) is 19.3 Å². The molecule has 2 N–H and O–H groups in total. The van der Waals surface area contributed by atoms with E-state index in [1.807, 2.05) is 6.07 Å². The summed E-state index contributed by atoms with van der Waals surface area (Å²) in [5, 5.41) is 0. The van der Waals surface area contributed by atoms with Gasteiger partial charge in [-0.1, -0.05) is 18.2 Å². The highest BCUT2D eigenvalue weighted by atomic mass is 31.1. The van der Waals surface area contributed by atoms with Crippen LogP contribution in [-0.2, 0) is 14.0 Å². The van der Waals surface area contributed by atoms with Crippen molar-refractivity contribution in [1.29, 1.82) is 0 Å². The molecule has 4 rings (SSSR count). The van der Waals surface area contributed by atoms with E-state index in [0.717, 1.165) is 6.08 Å². The van der Waals surface area contributed by atoms with Crippen molar-refractivity contribution in [2.45, 2.75) is 12.5 Å². The number of nitrogens with zero attached hydrogens (tertiary/aromatic N) is 4. The van der Waals surface area contributed by atoms with Crippen LogP contribution in [0, 0.1) is 0 Å². The average Bonchev–Trinajstić information content (AvgIpc) is 3.25. The summed E-state index contributed by atoms with van der Waals surface area (Å²) in [4.78, 5) is 12.0. The Bertz CT molecular complexity index is 1010. The van der Waals surface area contributed by atoms with Crippen molar-refractivity contribution in [1.82, 2.24) is 19.5 Å². The summed E-state index contributed by atoms with van der Waals surface area (Å²) in [7, 11) is -2.52. The summed E-state index contributed by atoms with van der Waals surface area (Å²) < 4.78 is 43.9. The second kappa shape index (κ2) is 7.43. The smallest absolute Gasteiger partial charge is 0.261 e. The summed E-state index contributed by atoms with van der Waals surface area (Å²) in [5.41, 5.74) is 6.41. The molecule has 0 aliphatic carbocycles. The highest BCUT2D eigenvalue weighted by Gasteiger charge is 2.31. The van der Waals surface area contributed by atoms with Gasteiger partial charge in [0.25, 0.3) is 8.03 Å². The zero-order valence-electron chi connectivity index (χ0n) is 13.9. The predicted octanol–water partition coefficient (Wildman–Crippen LogP) is 2.64. The van der Waals surface area contributed by atoms with Crippen LogP contribution >= 0.6 is 8.03 Å². The van der Waals surface area contributed by atoms with Crippen molar-refractivity contribution < 1.29 is 23.0 Å². The highest BCUT2D eigenvalue weighted by molar-refractivity contribution is 7.39. The molecule has 0 spiro atoms. The maximum atomic E-state index is 14.3. The lowest BCUT2D eigenvalue weighted by Gasteiger charge is -2.16. The third-order valence-electron chi connectivity index (χ3n) is 3.77. The first-order valence-electron chi connectivity index (χ1n) is 7.95. The van der Waals surface area contributed by atoms with Crippen LogP contribution in [-0.4, -0.2) is 32.2 Å². The van der Waals surface area contributed by atoms with Crippen LogP contribution in [0.3, 0.4) is 0 Å². The molecule has 0 fully saturated rings. The Morgan fingerprint density at radius 2 is 2.07 bits per heavy atom. The summed E-state index contributed by atoms with van der Waals surface area (Å²) in [5.74, 6) is 0.0739. The molecule has 0 radical (unpaired) electrons. The largest absolute Gasteiger partial charge is 0.443 e. The molecule has 1 aliphatic rings. The molecule has 1 unspecified atom stereocenters. The number of ether oxygens (including phenoxy) is 2. The van der Waals surface area contributed by atoms with Crippen LogP contribution < -0.4 is 10.3 Å². The molecule has 1 aromatic carbocycles. The fraction of sp³-hybridized carbons (Fsp3) is 0.188. The van der Waals surface area contributed by atoms with Gasteiger partial charge >= 0.3 is 0 Å². The second-order valence-corrected chi connectivity index (χ2v) is 6.83. The summed E-state index contributed by atoms with van der Waals surface area (Å²) in [6, 6.07) is 8.71. The van der Waals surface area contributed by atoms with E-state index in [4.69, 9.17) is 19.7 Å². The van der Waals surface area contributed by atoms with Crippen LogP contribution in [0.25, 0.3) is 11.2 Å². The summed E-state index contributed by atoms with van der Waals surface area (Å²) >= 11 is 0. The van der Waals surface area contributed by atoms with Crippen LogP contribution in [0.2, 0.25) is 0 Å². The van der Waals surface area contributed by atoms with Crippen LogP contribution in [0.5, 0.6) is 5.75 Å². The number of aromatic nitrogens is 4. The molecule has 0 amide bonds. The number of nitrogens with two attached hydrogens (primary N) is 1. The Morgan fingerprint density at radius 1 is 1.26 bits per heavy atom. The number of nitrogen functional groups attached to an aromatic ring is 1. The number of hydrogen-bond donors (Lipinski definition) is 1. The van der Waals surface area contributed by atoms with Gasteiger partial charge < -0.3 is 19.7 Å². The van der Waals surface area contributed by atoms with Crippen molar-refractivity contribution in [3.8, 4) is 5.75 Å². The molecule has 0 saturated carbocycles. The number of para-hydroxylation sites is 1. The van der Waals surface area contributed by atoms with Crippen LogP contribution in [0.1, 0.15) is 6.23 Å². The van der Waals surface area contributed by atoms with Gasteiger partial charge in [-0.2, -0.15) is 0 Å². The predicted molar refractivity (Wildman–Crippen MR) is 94.9 cm³/mol. The van der Waals surface area contributed by atoms with Gasteiger partial charge in [-0.3, -0.25) is 9.13 Å². The van der Waals surface area contributed by atoms with Crippen LogP contribution in [0.15, 0.2) is 54.9 Å². The quantitative estimate of drug-likeness (QED) is 0.638. The SMILES string of the molecule is Nc1ncnc2c1ncn2[C@@H]1O[C@H](OC[PH](=O)Oc2ccccc2)C=C1F. The molecule has 0 saturated heterocycles. The number of imidazole rings is 1. The Balaban J connectivity index is 1.40. The first-order valence-corrected chi connectivity index (χ1v) is 9.47. The maximum Gasteiger partial charge on any atom is 0.261 e. The Hall–Kier alpha value is -2.81. The first-order chi connectivity index (χ1) is 13.1. The van der Waals surface area contributed by atoms with Crippen molar-refractivity contribution in [2.24, 2.45) is 0 Å². The first kappa shape index (κ1) is 17.6. The number of rotatable bonds is 6. The molecule has 11 heteroatoms. The van der Waals surface area contributed by atoms with Gasteiger partial charge in [0.15, 0.2) is 29.8 Å². The van der Waals surface area contributed by atoms with Gasteiger partial charge in [0.05, 0.1) is 6.33 Å². The number of benzene rings is 1. The average molecular weight is 391 g/mol. The Labute approximate surface area is 153 Å². The highest BCUT2D eigenvalue weighted by Crippen LogP contribution is 2.34. The Morgan fingerprint density at radius 3 is 2.89 bits per heavy atom. The zero-order chi connectivity index (χ0) is 18.8. The molecule has 0 bridgehead atoms. The van der Waals surface area contributed by atoms with Crippen molar-refractivity contribution in [3.05, 3.63) is 54.9 Å². The standard InChI is InChI=1S/C16H15FN5O4P/c17-11-6-12(24-9-27(23)26-10-4-2-1-3-5-10)25-16(11)22-8-21-13-14(18)19-7-20-15(13)22/h1-8,12,16,27H,9H2,(H2,18,19,20)/t12-,16+/m0/s1. The molecular formula is C16H15FN5O4P. The van der Waals surface area contributed by atoms with E-state index in [0.29, 0.717) is 16.9 Å². The molecule has 27 heavy (non-hydrogen) atoms. The number of anilines is 1. The Kier molecular flexibility index (Phi) is 4.85. The van der Waals surface area contributed by atoms with Crippen molar-refractivity contribution in [2.75, 3.05) is 12.1 Å². The third-order valence-corrected chi connectivity index (χ3v) is 4.64. The number of fused-ring (bicyclic) bond motifs is 1. The van der Waals surface area contributed by atoms with E-state index in [1.54, 1.807) is 24.3 Å². The van der Waals surface area contributed by atoms with E-state index in [-0.39, 0.29) is 12.2 Å². The van der Waals surface area contributed by atoms with Crippen molar-refractivity contribution in [3.63, 3.8) is 0 Å². The molecule has 3 aromatic rings. The van der Waals surface area contributed by atoms with Gasteiger partial charge in [0, 0.05) is 6.08 Å². The molecule has 2 aromatic heterocycles. The molecule has 3 heterocycles. The summed E-state index contributed by atoms with van der Waals surface area (Å²) in [6.45, 7) is 0. The second-order valence-electron chi connectivity index (χ2n) is 5.59. The van der Waals surface area contributed by atoms with E-state index in [1.165, 1.54) is 17.2 Å². The molecule has 1 aliphatic heterocycles. The van der Waals surface area contributed by atoms with E-state index in [2.05, 4.69) is 15.0 Å². The van der Waals surface area contributed by atoms with E-state index >= 15 is 0 Å². The molecule has 140 valence electrons. The van der Waals surface area contributed by atoms with Gasteiger partial charge in [0.2, 0.25) is 0 Å². The lowest BCUT2D eigenvalue weighted by Crippen LogP contribution is -2.16. The van der Waals surface area contributed by atoms with Gasteiger partial charge in [-0.05, 0) is 12.1 Å². The lowest BCUT2D eigenvalue weighted by atomic mass is 10.3. The molecule has 9 nitrogen and oxygen atoms in total. The zero-order valence-corrected chi connectivity index (χ0v) is 14.9. The summed E-state index contributed by atoms with van der Waals surface area (Å²) in [6.07, 6.45) is 1.43. The van der Waals surface area contributed by atoms with E-state index < -0.39 is 26.4 Å². The van der Waals surface area contributed by atoms with Crippen molar-refractivity contribution >= 4 is 25.0 Å². The number of hydrogen-bond acceptors (Lipinski definition) is 8. The van der Waals surface area contributed by atoms with Gasteiger partial charge in [-0.15, -0.1) is 0 Å². The van der Waals surface area contributed by atoms with Gasteiger partial charge in [0.1, 0.15) is 23.9 Å². The minimum Gasteiger partial charge on any atom is -0.443 e. The number of halogens is 1. The monoisotopic (exact) mass is 391 g/mol. The normalized spacial score (nSPS) is 20.6. The molecule has 3 atom stereocenters. The molecular weight excluding hydrogens is 376 g/mol. The fourth-order valence-electron chi connectivity index (χ4n) is 2.57. The maximum absolute atomic E-state index is 14.3.